The molecule has 0 unspecified atom stereocenters. The number of para-hydroxylation sites is 1. The van der Waals surface area contributed by atoms with Gasteiger partial charge in [0.15, 0.2) is 5.65 Å². The lowest BCUT2D eigenvalue weighted by Gasteiger charge is -2.08. The number of H-pyrrole nitrogens is 1. The van der Waals surface area contributed by atoms with Gasteiger partial charge >= 0.3 is 0 Å². The number of anilines is 1. The number of carbonyl (C=O) groups excluding carboxylic acids is 1. The Hall–Kier alpha value is -2.89. The molecule has 0 radical (unpaired) electrons. The van der Waals surface area contributed by atoms with Crippen molar-refractivity contribution in [2.24, 2.45) is 0 Å². The van der Waals surface area contributed by atoms with Crippen LogP contribution in [0, 0.1) is 0 Å². The van der Waals surface area contributed by atoms with Crippen LogP contribution in [0.5, 0.6) is 5.75 Å². The predicted octanol–water partition coefficient (Wildman–Crippen LogP) is 2.22. The molecule has 2 heterocycles. The van der Waals surface area contributed by atoms with Crippen LogP contribution in [0.15, 0.2) is 42.9 Å². The normalized spacial score (nSPS) is 10.4. The number of ether oxygens (including phenoxy) is 1. The molecule has 6 nitrogen and oxygen atoms in total. The number of hydrogen-bond acceptors (Lipinski definition) is 4. The number of nitrogens with zero attached hydrogens (tertiary/aromatic N) is 2. The number of rotatable bonds is 3. The molecule has 20 heavy (non-hydrogen) atoms. The summed E-state index contributed by atoms with van der Waals surface area (Å²) in [6.07, 6.45) is 3.12. The van der Waals surface area contributed by atoms with Crippen LogP contribution in [0.2, 0.25) is 0 Å². The topological polar surface area (TPSA) is 79.9 Å². The summed E-state index contributed by atoms with van der Waals surface area (Å²) in [5, 5.41) is 2.79. The summed E-state index contributed by atoms with van der Waals surface area (Å²) < 4.78 is 5.17. The van der Waals surface area contributed by atoms with Crippen LogP contribution in [0.4, 0.5) is 5.69 Å². The average Bonchev–Trinajstić information content (AvgIpc) is 2.94. The number of fused-ring (bicyclic) bond motifs is 1. The molecular formula is C14H12N4O2. The van der Waals surface area contributed by atoms with E-state index >= 15 is 0 Å². The van der Waals surface area contributed by atoms with Gasteiger partial charge in [-0.2, -0.15) is 0 Å². The van der Waals surface area contributed by atoms with E-state index in [2.05, 4.69) is 20.3 Å². The van der Waals surface area contributed by atoms with E-state index in [-0.39, 0.29) is 5.91 Å². The summed E-state index contributed by atoms with van der Waals surface area (Å²) in [7, 11) is 1.53. The summed E-state index contributed by atoms with van der Waals surface area (Å²) in [6.45, 7) is 0. The third kappa shape index (κ3) is 2.18. The second kappa shape index (κ2) is 5.00. The molecule has 0 fully saturated rings. The molecule has 0 aliphatic heterocycles. The van der Waals surface area contributed by atoms with Gasteiger partial charge < -0.3 is 15.0 Å². The monoisotopic (exact) mass is 268 g/mol. The van der Waals surface area contributed by atoms with Gasteiger partial charge in [-0.25, -0.2) is 9.97 Å². The van der Waals surface area contributed by atoms with E-state index in [1.807, 2.05) is 6.07 Å². The van der Waals surface area contributed by atoms with Crippen molar-refractivity contribution in [2.45, 2.75) is 0 Å². The van der Waals surface area contributed by atoms with Crippen molar-refractivity contribution in [3.8, 4) is 5.75 Å². The highest BCUT2D eigenvalue weighted by Crippen LogP contribution is 2.19. The molecule has 2 aromatic heterocycles. The lowest BCUT2D eigenvalue weighted by atomic mass is 10.2. The van der Waals surface area contributed by atoms with Gasteiger partial charge in [-0.05, 0) is 18.2 Å². The fourth-order valence-electron chi connectivity index (χ4n) is 1.93. The molecule has 0 aliphatic rings. The Balaban J connectivity index is 1.88. The van der Waals surface area contributed by atoms with E-state index in [1.54, 1.807) is 36.8 Å². The molecule has 100 valence electrons. The molecule has 0 aliphatic carbocycles. The van der Waals surface area contributed by atoms with E-state index in [0.717, 1.165) is 5.52 Å². The molecule has 0 atom stereocenters. The maximum atomic E-state index is 12.2. The Morgan fingerprint density at radius 3 is 3.00 bits per heavy atom. The zero-order valence-electron chi connectivity index (χ0n) is 10.8. The van der Waals surface area contributed by atoms with Crippen LogP contribution in [0.25, 0.3) is 11.2 Å². The molecule has 6 heteroatoms. The number of aromatic amines is 1. The number of pyridine rings is 1. The molecule has 2 N–H and O–H groups in total. The fourth-order valence-corrected chi connectivity index (χ4v) is 1.93. The van der Waals surface area contributed by atoms with Crippen molar-refractivity contribution >= 4 is 22.8 Å². The lowest BCUT2D eigenvalue weighted by Crippen LogP contribution is -2.13. The minimum absolute atomic E-state index is 0.247. The van der Waals surface area contributed by atoms with Crippen LogP contribution < -0.4 is 10.1 Å². The number of benzene rings is 1. The van der Waals surface area contributed by atoms with Gasteiger partial charge in [-0.1, -0.05) is 12.1 Å². The summed E-state index contributed by atoms with van der Waals surface area (Å²) in [4.78, 5) is 23.3. The first-order valence-electron chi connectivity index (χ1n) is 6.01. The smallest absolute Gasteiger partial charge is 0.259 e. The van der Waals surface area contributed by atoms with E-state index in [4.69, 9.17) is 4.74 Å². The highest BCUT2D eigenvalue weighted by Gasteiger charge is 2.12. The first-order valence-corrected chi connectivity index (χ1v) is 6.01. The van der Waals surface area contributed by atoms with E-state index < -0.39 is 0 Å². The molecule has 3 rings (SSSR count). The second-order valence-electron chi connectivity index (χ2n) is 4.15. The van der Waals surface area contributed by atoms with Gasteiger partial charge in [-0.3, -0.25) is 4.79 Å². The summed E-state index contributed by atoms with van der Waals surface area (Å²) in [5.74, 6) is 0.281. The molecule has 0 saturated carbocycles. The minimum Gasteiger partial charge on any atom is -0.496 e. The molecular weight excluding hydrogens is 256 g/mol. The molecule has 0 spiro atoms. The van der Waals surface area contributed by atoms with Gasteiger partial charge in [0.2, 0.25) is 0 Å². The number of aromatic nitrogens is 3. The van der Waals surface area contributed by atoms with Gasteiger partial charge in [0.05, 0.1) is 36.4 Å². The molecule has 1 aromatic carbocycles. The van der Waals surface area contributed by atoms with Gasteiger partial charge in [0, 0.05) is 0 Å². The highest BCUT2D eigenvalue weighted by atomic mass is 16.5. The maximum absolute atomic E-state index is 12.2. The van der Waals surface area contributed by atoms with Crippen molar-refractivity contribution in [1.82, 2.24) is 15.0 Å². The molecule has 0 saturated heterocycles. The molecule has 1 amide bonds. The number of nitrogens with one attached hydrogen (secondary N) is 2. The maximum Gasteiger partial charge on any atom is 0.259 e. The second-order valence-corrected chi connectivity index (χ2v) is 4.15. The number of carbonyl (C=O) groups is 1. The first-order chi connectivity index (χ1) is 9.78. The van der Waals surface area contributed by atoms with Crippen LogP contribution in [0.1, 0.15) is 10.4 Å². The summed E-state index contributed by atoms with van der Waals surface area (Å²) >= 11 is 0. The van der Waals surface area contributed by atoms with Crippen LogP contribution in [-0.2, 0) is 0 Å². The Kier molecular flexibility index (Phi) is 3.04. The number of hydrogen-bond donors (Lipinski definition) is 2. The Bertz CT molecular complexity index is 766. The number of methoxy groups -OCH3 is 1. The number of amides is 1. The Labute approximate surface area is 114 Å². The van der Waals surface area contributed by atoms with Crippen LogP contribution in [-0.4, -0.2) is 28.0 Å². The standard InChI is InChI=1S/C14H12N4O2/c1-20-12-5-3-2-4-10(12)14(19)18-9-6-11-13(15-7-9)17-8-16-11/h2-8H,1H3,(H,18,19)(H,15,16,17). The molecule has 0 bridgehead atoms. The van der Waals surface area contributed by atoms with Gasteiger partial charge in [0.1, 0.15) is 5.75 Å². The largest absolute Gasteiger partial charge is 0.496 e. The van der Waals surface area contributed by atoms with Crippen molar-refractivity contribution in [3.63, 3.8) is 0 Å². The van der Waals surface area contributed by atoms with Crippen LogP contribution in [0.3, 0.4) is 0 Å². The van der Waals surface area contributed by atoms with Gasteiger partial charge in [0.25, 0.3) is 5.91 Å². The zero-order chi connectivity index (χ0) is 13.9. The Morgan fingerprint density at radius 1 is 1.30 bits per heavy atom. The lowest BCUT2D eigenvalue weighted by molar-refractivity contribution is 0.102. The van der Waals surface area contributed by atoms with Crippen LogP contribution >= 0.6 is 0 Å². The minimum atomic E-state index is -0.247. The van der Waals surface area contributed by atoms with E-state index in [0.29, 0.717) is 22.6 Å². The third-order valence-corrected chi connectivity index (χ3v) is 2.88. The average molecular weight is 268 g/mol. The van der Waals surface area contributed by atoms with Crippen molar-refractivity contribution in [3.05, 3.63) is 48.4 Å². The third-order valence-electron chi connectivity index (χ3n) is 2.88. The summed E-state index contributed by atoms with van der Waals surface area (Å²) in [6, 6.07) is 8.83. The summed E-state index contributed by atoms with van der Waals surface area (Å²) in [5.41, 5.74) is 2.44. The van der Waals surface area contributed by atoms with Gasteiger partial charge in [-0.15, -0.1) is 0 Å². The van der Waals surface area contributed by atoms with E-state index in [9.17, 15) is 4.79 Å². The fraction of sp³-hybridized carbons (Fsp3) is 0.0714. The van der Waals surface area contributed by atoms with E-state index in [1.165, 1.54) is 7.11 Å². The van der Waals surface area contributed by atoms with Crippen molar-refractivity contribution in [2.75, 3.05) is 12.4 Å². The number of imidazole rings is 1. The van der Waals surface area contributed by atoms with Crippen molar-refractivity contribution < 1.29 is 9.53 Å². The predicted molar refractivity (Wildman–Crippen MR) is 74.8 cm³/mol. The Morgan fingerprint density at radius 2 is 2.15 bits per heavy atom. The van der Waals surface area contributed by atoms with Crippen molar-refractivity contribution in [1.29, 1.82) is 0 Å². The highest BCUT2D eigenvalue weighted by molar-refractivity contribution is 6.06. The quantitative estimate of drug-likeness (QED) is 0.763. The zero-order valence-corrected chi connectivity index (χ0v) is 10.8. The first kappa shape index (κ1) is 12.2. The molecule has 3 aromatic rings. The SMILES string of the molecule is COc1ccccc1C(=O)Nc1cnc2nc[nH]c2c1.